The molecule has 0 saturated carbocycles. The highest BCUT2D eigenvalue weighted by molar-refractivity contribution is 4.86. The van der Waals surface area contributed by atoms with Crippen LogP contribution in [0.4, 0.5) is 0 Å². The van der Waals surface area contributed by atoms with Crippen molar-refractivity contribution in [3.05, 3.63) is 12.2 Å². The van der Waals surface area contributed by atoms with Crippen LogP contribution in [0.2, 0.25) is 0 Å². The number of methoxy groups -OCH3 is 1. The third-order valence-corrected chi connectivity index (χ3v) is 1.63. The van der Waals surface area contributed by atoms with Gasteiger partial charge in [0.15, 0.2) is 0 Å². The Balaban J connectivity index is 3.22. The highest BCUT2D eigenvalue weighted by Crippen LogP contribution is 1.97. The standard InChI is InChI=1S/C10H21NO/c1-4-11-8-6-5-7-10(2)9-12-3/h5,7,10-11H,4,6,8-9H2,1-3H3/b7-5+. The Hall–Kier alpha value is -0.340. The summed E-state index contributed by atoms with van der Waals surface area (Å²) in [7, 11) is 1.74. The molecule has 1 atom stereocenters. The van der Waals surface area contributed by atoms with Gasteiger partial charge in [-0.25, -0.2) is 0 Å². The summed E-state index contributed by atoms with van der Waals surface area (Å²) < 4.78 is 5.01. The zero-order chi connectivity index (χ0) is 9.23. The first-order valence-corrected chi connectivity index (χ1v) is 4.67. The molecule has 0 rings (SSSR count). The first kappa shape index (κ1) is 11.7. The molecule has 72 valence electrons. The average molecular weight is 171 g/mol. The maximum atomic E-state index is 5.01. The highest BCUT2D eigenvalue weighted by atomic mass is 16.5. The van der Waals surface area contributed by atoms with E-state index in [1.54, 1.807) is 7.11 Å². The van der Waals surface area contributed by atoms with Crippen LogP contribution in [-0.4, -0.2) is 26.8 Å². The van der Waals surface area contributed by atoms with E-state index in [4.69, 9.17) is 4.74 Å². The second kappa shape index (κ2) is 8.75. The molecule has 0 amide bonds. The normalized spacial score (nSPS) is 13.9. The summed E-state index contributed by atoms with van der Waals surface area (Å²) in [5, 5.41) is 3.27. The van der Waals surface area contributed by atoms with Gasteiger partial charge in [0.2, 0.25) is 0 Å². The molecular formula is C10H21NO. The summed E-state index contributed by atoms with van der Waals surface area (Å²) in [6.07, 6.45) is 5.54. The van der Waals surface area contributed by atoms with E-state index in [0.29, 0.717) is 5.92 Å². The molecular weight excluding hydrogens is 150 g/mol. The summed E-state index contributed by atoms with van der Waals surface area (Å²) in [5.74, 6) is 0.539. The van der Waals surface area contributed by atoms with Crippen LogP contribution >= 0.6 is 0 Å². The van der Waals surface area contributed by atoms with Gasteiger partial charge in [-0.15, -0.1) is 0 Å². The van der Waals surface area contributed by atoms with Gasteiger partial charge in [0.1, 0.15) is 0 Å². The molecule has 2 nitrogen and oxygen atoms in total. The molecule has 1 N–H and O–H groups in total. The van der Waals surface area contributed by atoms with Crippen LogP contribution in [0.25, 0.3) is 0 Å². The van der Waals surface area contributed by atoms with Gasteiger partial charge in [-0.3, -0.25) is 0 Å². The van der Waals surface area contributed by atoms with Crippen molar-refractivity contribution in [2.24, 2.45) is 5.92 Å². The molecule has 0 heterocycles. The third-order valence-electron chi connectivity index (χ3n) is 1.63. The zero-order valence-electron chi connectivity index (χ0n) is 8.47. The molecule has 0 saturated heterocycles. The predicted molar refractivity (Wildman–Crippen MR) is 53.3 cm³/mol. The second-order valence-electron chi connectivity index (χ2n) is 3.00. The Bertz CT molecular complexity index is 112. The van der Waals surface area contributed by atoms with E-state index in [2.05, 4.69) is 31.3 Å². The summed E-state index contributed by atoms with van der Waals surface area (Å²) in [4.78, 5) is 0. The first-order valence-electron chi connectivity index (χ1n) is 4.67. The Labute approximate surface area is 76.0 Å². The van der Waals surface area contributed by atoms with Crippen molar-refractivity contribution in [2.75, 3.05) is 26.8 Å². The number of nitrogens with one attached hydrogen (secondary N) is 1. The lowest BCUT2D eigenvalue weighted by atomic mass is 10.2. The fourth-order valence-electron chi connectivity index (χ4n) is 1.01. The predicted octanol–water partition coefficient (Wildman–Crippen LogP) is 1.82. The minimum absolute atomic E-state index is 0.539. The van der Waals surface area contributed by atoms with E-state index in [0.717, 1.165) is 26.1 Å². The lowest BCUT2D eigenvalue weighted by Gasteiger charge is -2.03. The van der Waals surface area contributed by atoms with Gasteiger partial charge in [-0.2, -0.15) is 0 Å². The summed E-state index contributed by atoms with van der Waals surface area (Å²) in [6, 6.07) is 0. The molecule has 12 heavy (non-hydrogen) atoms. The topological polar surface area (TPSA) is 21.3 Å². The Morgan fingerprint density at radius 3 is 2.83 bits per heavy atom. The number of rotatable bonds is 7. The molecule has 1 unspecified atom stereocenters. The molecule has 0 radical (unpaired) electrons. The fourth-order valence-corrected chi connectivity index (χ4v) is 1.01. The van der Waals surface area contributed by atoms with E-state index in [1.807, 2.05) is 0 Å². The zero-order valence-corrected chi connectivity index (χ0v) is 8.47. The van der Waals surface area contributed by atoms with Crippen LogP contribution in [-0.2, 0) is 4.74 Å². The Morgan fingerprint density at radius 1 is 1.50 bits per heavy atom. The minimum Gasteiger partial charge on any atom is -0.384 e. The number of hydrogen-bond donors (Lipinski definition) is 1. The first-order chi connectivity index (χ1) is 5.81. The average Bonchev–Trinajstić information content (AvgIpc) is 2.05. The smallest absolute Gasteiger partial charge is 0.0522 e. The number of ether oxygens (including phenoxy) is 1. The molecule has 0 aromatic rings. The largest absolute Gasteiger partial charge is 0.384 e. The van der Waals surface area contributed by atoms with Crippen molar-refractivity contribution in [1.82, 2.24) is 5.32 Å². The van der Waals surface area contributed by atoms with Gasteiger partial charge in [0, 0.05) is 7.11 Å². The van der Waals surface area contributed by atoms with Crippen LogP contribution < -0.4 is 5.32 Å². The van der Waals surface area contributed by atoms with Gasteiger partial charge >= 0.3 is 0 Å². The van der Waals surface area contributed by atoms with Crippen molar-refractivity contribution in [3.63, 3.8) is 0 Å². The van der Waals surface area contributed by atoms with Crippen LogP contribution in [0.1, 0.15) is 20.3 Å². The summed E-state index contributed by atoms with van der Waals surface area (Å²) >= 11 is 0. The summed E-state index contributed by atoms with van der Waals surface area (Å²) in [6.45, 7) is 7.23. The van der Waals surface area contributed by atoms with Gasteiger partial charge in [-0.05, 0) is 25.4 Å². The minimum atomic E-state index is 0.539. The second-order valence-corrected chi connectivity index (χ2v) is 3.00. The van der Waals surface area contributed by atoms with Gasteiger partial charge < -0.3 is 10.1 Å². The fraction of sp³-hybridized carbons (Fsp3) is 0.800. The van der Waals surface area contributed by atoms with Gasteiger partial charge in [0.25, 0.3) is 0 Å². The van der Waals surface area contributed by atoms with E-state index >= 15 is 0 Å². The quantitative estimate of drug-likeness (QED) is 0.466. The van der Waals surface area contributed by atoms with Crippen molar-refractivity contribution >= 4 is 0 Å². The molecule has 0 aliphatic heterocycles. The van der Waals surface area contributed by atoms with Crippen molar-refractivity contribution in [3.8, 4) is 0 Å². The number of hydrogen-bond acceptors (Lipinski definition) is 2. The Morgan fingerprint density at radius 2 is 2.25 bits per heavy atom. The maximum absolute atomic E-state index is 5.01. The van der Waals surface area contributed by atoms with Crippen LogP contribution in [0, 0.1) is 5.92 Å². The van der Waals surface area contributed by atoms with E-state index in [1.165, 1.54) is 0 Å². The SMILES string of the molecule is CCNCC/C=C/C(C)COC. The van der Waals surface area contributed by atoms with Crippen molar-refractivity contribution in [2.45, 2.75) is 20.3 Å². The van der Waals surface area contributed by atoms with Crippen molar-refractivity contribution < 1.29 is 4.74 Å². The molecule has 2 heteroatoms. The lowest BCUT2D eigenvalue weighted by Crippen LogP contribution is -2.13. The van der Waals surface area contributed by atoms with Crippen LogP contribution in [0.5, 0.6) is 0 Å². The highest BCUT2D eigenvalue weighted by Gasteiger charge is 1.92. The lowest BCUT2D eigenvalue weighted by molar-refractivity contribution is 0.176. The van der Waals surface area contributed by atoms with E-state index in [9.17, 15) is 0 Å². The van der Waals surface area contributed by atoms with Crippen LogP contribution in [0.15, 0.2) is 12.2 Å². The molecule has 0 aliphatic rings. The third kappa shape index (κ3) is 7.76. The molecule has 0 fully saturated rings. The molecule has 0 aliphatic carbocycles. The Kier molecular flexibility index (Phi) is 8.51. The van der Waals surface area contributed by atoms with Gasteiger partial charge in [-0.1, -0.05) is 26.0 Å². The molecule has 0 spiro atoms. The summed E-state index contributed by atoms with van der Waals surface area (Å²) in [5.41, 5.74) is 0. The molecule has 0 bridgehead atoms. The molecule has 0 aromatic carbocycles. The van der Waals surface area contributed by atoms with Gasteiger partial charge in [0.05, 0.1) is 6.61 Å². The monoisotopic (exact) mass is 171 g/mol. The maximum Gasteiger partial charge on any atom is 0.0522 e. The molecule has 0 aromatic heterocycles. The van der Waals surface area contributed by atoms with Crippen molar-refractivity contribution in [1.29, 1.82) is 0 Å². The van der Waals surface area contributed by atoms with E-state index < -0.39 is 0 Å². The van der Waals surface area contributed by atoms with E-state index in [-0.39, 0.29) is 0 Å². The van der Waals surface area contributed by atoms with Crippen LogP contribution in [0.3, 0.4) is 0 Å².